The van der Waals surface area contributed by atoms with Gasteiger partial charge in [0.15, 0.2) is 5.82 Å². The van der Waals surface area contributed by atoms with Crippen LogP contribution < -0.4 is 10.9 Å². The number of amides is 1. The molecular weight excluding hydrogens is 417 g/mol. The number of benzene rings is 1. The summed E-state index contributed by atoms with van der Waals surface area (Å²) in [4.78, 5) is 41.1. The molecule has 0 saturated carbocycles. The van der Waals surface area contributed by atoms with E-state index in [0.717, 1.165) is 0 Å². The largest absolute Gasteiger partial charge is 0.344 e. The van der Waals surface area contributed by atoms with E-state index >= 15 is 0 Å². The number of hydrogen-bond acceptors (Lipinski definition) is 6. The highest BCUT2D eigenvalue weighted by atomic mass is 32.1. The smallest absolute Gasteiger partial charge is 0.263 e. The Kier molecular flexibility index (Phi) is 5.94. The van der Waals surface area contributed by atoms with Crippen molar-refractivity contribution in [1.82, 2.24) is 25.3 Å². The highest BCUT2D eigenvalue weighted by Crippen LogP contribution is 2.21. The molecule has 4 aromatic rings. The molecule has 3 aromatic heterocycles. The zero-order valence-corrected chi connectivity index (χ0v) is 17.3. The predicted molar refractivity (Wildman–Crippen MR) is 115 cm³/mol. The Bertz CT molecular complexity index is 1250. The number of nitrogens with zero attached hydrogens (tertiary/aromatic N) is 3. The normalized spacial score (nSPS) is 11.8. The molecule has 9 heteroatoms. The lowest BCUT2D eigenvalue weighted by Gasteiger charge is -2.19. The van der Waals surface area contributed by atoms with Crippen LogP contribution >= 0.6 is 11.3 Å². The number of aromatic nitrogens is 4. The highest BCUT2D eigenvalue weighted by Gasteiger charge is 2.20. The molecule has 2 N–H and O–H groups in total. The van der Waals surface area contributed by atoms with Gasteiger partial charge in [0.1, 0.15) is 16.4 Å². The van der Waals surface area contributed by atoms with Crippen molar-refractivity contribution in [3.05, 3.63) is 98.2 Å². The third kappa shape index (κ3) is 4.89. The number of hydrogen-bond donors (Lipinski definition) is 2. The van der Waals surface area contributed by atoms with Gasteiger partial charge >= 0.3 is 0 Å². The van der Waals surface area contributed by atoms with Crippen LogP contribution in [0.5, 0.6) is 0 Å². The Hall–Kier alpha value is -3.72. The molecule has 0 saturated heterocycles. The lowest BCUT2D eigenvalue weighted by atomic mass is 10.0. The van der Waals surface area contributed by atoms with Crippen molar-refractivity contribution in [2.24, 2.45) is 0 Å². The van der Waals surface area contributed by atoms with Crippen LogP contribution in [0, 0.1) is 12.7 Å². The number of halogens is 1. The molecule has 0 spiro atoms. The monoisotopic (exact) mass is 435 g/mol. The number of rotatable bonds is 6. The van der Waals surface area contributed by atoms with Crippen molar-refractivity contribution in [2.45, 2.75) is 19.4 Å². The molecule has 7 nitrogen and oxygen atoms in total. The summed E-state index contributed by atoms with van der Waals surface area (Å²) in [7, 11) is 0. The van der Waals surface area contributed by atoms with E-state index in [1.807, 2.05) is 0 Å². The second-order valence-electron chi connectivity index (χ2n) is 6.85. The van der Waals surface area contributed by atoms with Crippen LogP contribution in [0.3, 0.4) is 0 Å². The van der Waals surface area contributed by atoms with E-state index in [4.69, 9.17) is 0 Å². The molecule has 1 unspecified atom stereocenters. The topological polar surface area (TPSA) is 101 Å². The average molecular weight is 435 g/mol. The number of nitrogens with one attached hydrogen (secondary N) is 2. The Morgan fingerprint density at radius 3 is 2.68 bits per heavy atom. The van der Waals surface area contributed by atoms with E-state index in [1.54, 1.807) is 49.0 Å². The van der Waals surface area contributed by atoms with Crippen LogP contribution in [0.25, 0.3) is 11.5 Å². The molecule has 156 valence electrons. The van der Waals surface area contributed by atoms with Gasteiger partial charge in [-0.15, -0.1) is 11.3 Å². The minimum Gasteiger partial charge on any atom is -0.344 e. The first kappa shape index (κ1) is 20.5. The molecule has 0 bridgehead atoms. The van der Waals surface area contributed by atoms with E-state index in [2.05, 4.69) is 25.3 Å². The fourth-order valence-electron chi connectivity index (χ4n) is 3.14. The molecule has 3 heterocycles. The lowest BCUT2D eigenvalue weighted by Crippen LogP contribution is -2.30. The summed E-state index contributed by atoms with van der Waals surface area (Å²) in [6.45, 7) is 1.76. The predicted octanol–water partition coefficient (Wildman–Crippen LogP) is 3.45. The van der Waals surface area contributed by atoms with Crippen LogP contribution in [-0.2, 0) is 6.42 Å². The molecular formula is C22H18FN5O2S. The van der Waals surface area contributed by atoms with Crippen LogP contribution in [0.1, 0.15) is 32.7 Å². The highest BCUT2D eigenvalue weighted by molar-refractivity contribution is 7.11. The summed E-state index contributed by atoms with van der Waals surface area (Å²) < 4.78 is 13.5. The SMILES string of the molecule is Cc1ncsc1C(=O)NC(Cc1cc(=O)[nH]c(-c2ccccn2)n1)c1ccc(F)cc1. The van der Waals surface area contributed by atoms with Crippen LogP contribution in [0.15, 0.2) is 65.0 Å². The number of thiazole rings is 1. The van der Waals surface area contributed by atoms with E-state index < -0.39 is 6.04 Å². The minimum absolute atomic E-state index is 0.235. The number of aromatic amines is 1. The van der Waals surface area contributed by atoms with Crippen molar-refractivity contribution >= 4 is 17.2 Å². The molecule has 4 rings (SSSR count). The number of H-pyrrole nitrogens is 1. The maximum absolute atomic E-state index is 13.5. The fraction of sp³-hybridized carbons (Fsp3) is 0.136. The Morgan fingerprint density at radius 2 is 2.00 bits per heavy atom. The van der Waals surface area contributed by atoms with Crippen LogP contribution in [0.4, 0.5) is 4.39 Å². The van der Waals surface area contributed by atoms with Gasteiger partial charge in [-0.2, -0.15) is 0 Å². The van der Waals surface area contributed by atoms with Gasteiger partial charge in [-0.1, -0.05) is 18.2 Å². The first-order valence-corrected chi connectivity index (χ1v) is 10.4. The van der Waals surface area contributed by atoms with Gasteiger partial charge in [0.2, 0.25) is 0 Å². The summed E-state index contributed by atoms with van der Waals surface area (Å²) in [5.74, 6) is -0.325. The van der Waals surface area contributed by atoms with Gasteiger partial charge in [0.05, 0.1) is 22.9 Å². The van der Waals surface area contributed by atoms with Crippen LogP contribution in [0.2, 0.25) is 0 Å². The number of carbonyl (C=O) groups excluding carboxylic acids is 1. The van der Waals surface area contributed by atoms with Crippen molar-refractivity contribution in [3.63, 3.8) is 0 Å². The Balaban J connectivity index is 1.67. The minimum atomic E-state index is -0.527. The van der Waals surface area contributed by atoms with E-state index in [-0.39, 0.29) is 23.7 Å². The fourth-order valence-corrected chi connectivity index (χ4v) is 3.84. The van der Waals surface area contributed by atoms with Crippen molar-refractivity contribution in [3.8, 4) is 11.5 Å². The maximum Gasteiger partial charge on any atom is 0.263 e. The van der Waals surface area contributed by atoms with Gasteiger partial charge in [0.25, 0.3) is 11.5 Å². The quantitative estimate of drug-likeness (QED) is 0.483. The zero-order valence-electron chi connectivity index (χ0n) is 16.5. The molecule has 1 amide bonds. The Labute approximate surface area is 181 Å². The first-order chi connectivity index (χ1) is 15.0. The molecule has 31 heavy (non-hydrogen) atoms. The summed E-state index contributed by atoms with van der Waals surface area (Å²) in [5, 5.41) is 2.96. The molecule has 0 radical (unpaired) electrons. The molecule has 1 aromatic carbocycles. The molecule has 0 fully saturated rings. The zero-order chi connectivity index (χ0) is 21.8. The van der Waals surface area contributed by atoms with Crippen molar-refractivity contribution in [2.75, 3.05) is 0 Å². The molecule has 0 aliphatic rings. The molecule has 1 atom stereocenters. The first-order valence-electron chi connectivity index (χ1n) is 9.47. The number of carbonyl (C=O) groups is 1. The van der Waals surface area contributed by atoms with Crippen LogP contribution in [-0.4, -0.2) is 25.8 Å². The maximum atomic E-state index is 13.5. The number of aryl methyl sites for hydroxylation is 1. The molecule has 0 aliphatic carbocycles. The summed E-state index contributed by atoms with van der Waals surface area (Å²) in [5.41, 5.74) is 3.61. The van der Waals surface area contributed by atoms with Gasteiger partial charge in [-0.3, -0.25) is 14.6 Å². The van der Waals surface area contributed by atoms with E-state index in [0.29, 0.717) is 33.3 Å². The van der Waals surface area contributed by atoms with Crippen molar-refractivity contribution < 1.29 is 9.18 Å². The second kappa shape index (κ2) is 8.97. The summed E-state index contributed by atoms with van der Waals surface area (Å²) in [6, 6.07) is 12.0. The second-order valence-corrected chi connectivity index (χ2v) is 7.70. The van der Waals surface area contributed by atoms with E-state index in [1.165, 1.54) is 29.5 Å². The van der Waals surface area contributed by atoms with Gasteiger partial charge in [-0.25, -0.2) is 14.4 Å². The van der Waals surface area contributed by atoms with Gasteiger partial charge in [-0.05, 0) is 36.8 Å². The van der Waals surface area contributed by atoms with Gasteiger partial charge in [0, 0.05) is 18.7 Å². The third-order valence-corrected chi connectivity index (χ3v) is 5.57. The van der Waals surface area contributed by atoms with E-state index in [9.17, 15) is 14.0 Å². The molecule has 0 aliphatic heterocycles. The standard InChI is InChI=1S/C22H18FN5O2S/c1-13-20(31-12-25-13)22(30)27-18(14-5-7-15(23)8-6-14)10-16-11-19(29)28-21(26-16)17-4-2-3-9-24-17/h2-9,11-12,18H,10H2,1H3,(H,27,30)(H,26,28,29). The summed E-state index contributed by atoms with van der Waals surface area (Å²) >= 11 is 1.24. The summed E-state index contributed by atoms with van der Waals surface area (Å²) in [6.07, 6.45) is 1.85. The number of pyridine rings is 1. The Morgan fingerprint density at radius 1 is 1.19 bits per heavy atom. The lowest BCUT2D eigenvalue weighted by molar-refractivity contribution is 0.0939. The third-order valence-electron chi connectivity index (χ3n) is 4.64. The average Bonchev–Trinajstić information content (AvgIpc) is 3.20. The van der Waals surface area contributed by atoms with Gasteiger partial charge < -0.3 is 10.3 Å². The van der Waals surface area contributed by atoms with Crippen molar-refractivity contribution in [1.29, 1.82) is 0 Å².